The summed E-state index contributed by atoms with van der Waals surface area (Å²) in [5.41, 5.74) is 1.60. The number of aliphatic hydroxyl groups is 1. The van der Waals surface area contributed by atoms with Gasteiger partial charge in [-0.05, 0) is 70.0 Å². The van der Waals surface area contributed by atoms with Crippen LogP contribution >= 0.6 is 11.8 Å². The first-order valence-electron chi connectivity index (χ1n) is 12.2. The van der Waals surface area contributed by atoms with Crippen LogP contribution in [0.2, 0.25) is 0 Å². The first-order chi connectivity index (χ1) is 17.7. The highest BCUT2D eigenvalue weighted by Crippen LogP contribution is 2.31. The Morgan fingerprint density at radius 1 is 1.24 bits per heavy atom. The number of aromatic amines is 1. The topological polar surface area (TPSA) is 116 Å². The van der Waals surface area contributed by atoms with Crippen LogP contribution in [0, 0.1) is 0 Å². The van der Waals surface area contributed by atoms with Crippen molar-refractivity contribution >= 4 is 40.3 Å². The van der Waals surface area contributed by atoms with Crippen LogP contribution in [0.1, 0.15) is 33.6 Å². The lowest BCUT2D eigenvalue weighted by atomic mass is 10.2. The molecule has 0 bridgehead atoms. The normalized spacial score (nSPS) is 14.5. The Balaban J connectivity index is 1.43. The fraction of sp³-hybridized carbons (Fsp3) is 0.333. The number of anilines is 2. The molecule has 9 nitrogen and oxygen atoms in total. The Bertz CT molecular complexity index is 1400. The Labute approximate surface area is 219 Å². The molecule has 2 aromatic carbocycles. The zero-order chi connectivity index (χ0) is 26.0. The number of benzene rings is 2. The van der Waals surface area contributed by atoms with Crippen LogP contribution in [0.15, 0.2) is 65.8 Å². The zero-order valence-electron chi connectivity index (χ0n) is 21.0. The number of nitrogens with zero attached hydrogens (tertiary/aromatic N) is 4. The molecule has 1 atom stereocenters. The molecule has 3 N–H and O–H groups in total. The Morgan fingerprint density at radius 2 is 2.08 bits per heavy atom. The summed E-state index contributed by atoms with van der Waals surface area (Å²) in [5.74, 6) is 1.42. The molecule has 2 heterocycles. The number of thioether (sulfide) groups is 1. The third-order valence-electron chi connectivity index (χ3n) is 5.63. The molecule has 1 aliphatic carbocycles. The molecule has 4 aromatic rings. The minimum Gasteiger partial charge on any atom is -0.443 e. The number of carbonyl (C=O) groups is 1. The smallest absolute Gasteiger partial charge is 0.420 e. The van der Waals surface area contributed by atoms with Crippen LogP contribution in [-0.2, 0) is 4.74 Å². The standard InChI is InChI=1S/C27H30N6O3S/c1-27(2,3)36-26(35)33(20-9-10-22-18(13-20)15-29-32-22)23-11-12-28-25(31-23)17-5-4-6-21(14-17)37-16-24(34)30-19-7-8-19/h4-6,9-15,19,24,30,34H,7-8,16H2,1-3H3,(H,29,32). The number of hydrogen-bond acceptors (Lipinski definition) is 8. The van der Waals surface area contributed by atoms with Crippen LogP contribution in [0.25, 0.3) is 22.3 Å². The number of aromatic nitrogens is 4. The largest absolute Gasteiger partial charge is 0.443 e. The molecule has 10 heteroatoms. The van der Waals surface area contributed by atoms with Gasteiger partial charge >= 0.3 is 6.09 Å². The maximum absolute atomic E-state index is 13.4. The van der Waals surface area contributed by atoms with Crippen molar-refractivity contribution in [2.45, 2.75) is 56.4 Å². The lowest BCUT2D eigenvalue weighted by Gasteiger charge is -2.27. The number of rotatable bonds is 8. The van der Waals surface area contributed by atoms with E-state index in [1.54, 1.807) is 30.2 Å². The second-order valence-corrected chi connectivity index (χ2v) is 11.1. The SMILES string of the molecule is CC(C)(C)OC(=O)N(c1ccc2[nH]ncc2c1)c1ccnc(-c2cccc(SCC(O)NC3CC3)c2)n1. The van der Waals surface area contributed by atoms with Gasteiger partial charge in [0, 0.05) is 33.8 Å². The van der Waals surface area contributed by atoms with E-state index in [1.807, 2.05) is 63.2 Å². The quantitative estimate of drug-likeness (QED) is 0.214. The minimum absolute atomic E-state index is 0.393. The summed E-state index contributed by atoms with van der Waals surface area (Å²) in [6, 6.07) is 15.5. The van der Waals surface area contributed by atoms with Crippen molar-refractivity contribution in [3.8, 4) is 11.4 Å². The first-order valence-corrected chi connectivity index (χ1v) is 13.2. The summed E-state index contributed by atoms with van der Waals surface area (Å²) in [7, 11) is 0. The van der Waals surface area contributed by atoms with Gasteiger partial charge in [-0.15, -0.1) is 11.8 Å². The molecule has 0 saturated heterocycles. The second-order valence-electron chi connectivity index (χ2n) is 9.99. The number of aliphatic hydroxyl groups excluding tert-OH is 1. The fourth-order valence-electron chi connectivity index (χ4n) is 3.79. The summed E-state index contributed by atoms with van der Waals surface area (Å²) >= 11 is 1.57. The lowest BCUT2D eigenvalue weighted by Crippen LogP contribution is -2.34. The maximum atomic E-state index is 13.4. The van der Waals surface area contributed by atoms with Crippen LogP contribution in [0.4, 0.5) is 16.3 Å². The van der Waals surface area contributed by atoms with Gasteiger partial charge in [0.2, 0.25) is 0 Å². The van der Waals surface area contributed by atoms with E-state index in [-0.39, 0.29) is 0 Å². The van der Waals surface area contributed by atoms with Gasteiger partial charge in [0.15, 0.2) is 5.82 Å². The van der Waals surface area contributed by atoms with E-state index < -0.39 is 17.9 Å². The summed E-state index contributed by atoms with van der Waals surface area (Å²) in [4.78, 5) is 25.0. The van der Waals surface area contributed by atoms with Crippen molar-refractivity contribution in [2.75, 3.05) is 10.7 Å². The number of amides is 1. The van der Waals surface area contributed by atoms with Gasteiger partial charge in [-0.2, -0.15) is 5.10 Å². The summed E-state index contributed by atoms with van der Waals surface area (Å²) in [6.07, 6.45) is 4.51. The zero-order valence-corrected chi connectivity index (χ0v) is 21.8. The molecule has 5 rings (SSSR count). The maximum Gasteiger partial charge on any atom is 0.420 e. The van der Waals surface area contributed by atoms with E-state index in [2.05, 4.69) is 20.5 Å². The molecule has 2 aromatic heterocycles. The first kappa shape index (κ1) is 25.2. The van der Waals surface area contributed by atoms with Gasteiger partial charge in [-0.25, -0.2) is 19.7 Å². The van der Waals surface area contributed by atoms with E-state index in [1.165, 1.54) is 4.90 Å². The molecule has 192 valence electrons. The van der Waals surface area contributed by atoms with E-state index in [4.69, 9.17) is 9.72 Å². The van der Waals surface area contributed by atoms with E-state index in [0.29, 0.717) is 29.1 Å². The predicted octanol–water partition coefficient (Wildman–Crippen LogP) is 5.26. The fourth-order valence-corrected chi connectivity index (χ4v) is 4.62. The number of H-pyrrole nitrogens is 1. The van der Waals surface area contributed by atoms with Gasteiger partial charge < -0.3 is 9.84 Å². The van der Waals surface area contributed by atoms with Gasteiger partial charge in [-0.3, -0.25) is 10.4 Å². The minimum atomic E-state index is -0.685. The van der Waals surface area contributed by atoms with Crippen molar-refractivity contribution in [3.05, 3.63) is 60.9 Å². The van der Waals surface area contributed by atoms with Gasteiger partial charge in [0.1, 0.15) is 17.6 Å². The van der Waals surface area contributed by atoms with Crippen molar-refractivity contribution in [3.63, 3.8) is 0 Å². The highest BCUT2D eigenvalue weighted by molar-refractivity contribution is 7.99. The molecule has 1 aliphatic rings. The number of ether oxygens (including phenoxy) is 1. The monoisotopic (exact) mass is 518 g/mol. The van der Waals surface area contributed by atoms with Crippen LogP contribution < -0.4 is 10.2 Å². The Kier molecular flexibility index (Phi) is 7.14. The summed E-state index contributed by atoms with van der Waals surface area (Å²) < 4.78 is 5.72. The number of nitrogens with one attached hydrogen (secondary N) is 2. The Hall–Kier alpha value is -3.47. The highest BCUT2D eigenvalue weighted by Gasteiger charge is 2.27. The van der Waals surface area contributed by atoms with Crippen molar-refractivity contribution in [2.24, 2.45) is 0 Å². The van der Waals surface area contributed by atoms with Gasteiger partial charge in [0.25, 0.3) is 0 Å². The van der Waals surface area contributed by atoms with Crippen molar-refractivity contribution < 1.29 is 14.6 Å². The molecule has 0 aliphatic heterocycles. The Morgan fingerprint density at radius 3 is 2.86 bits per heavy atom. The number of carbonyl (C=O) groups excluding carboxylic acids is 1. The summed E-state index contributed by atoms with van der Waals surface area (Å²) in [5, 5.41) is 21.2. The molecule has 0 radical (unpaired) electrons. The van der Waals surface area contributed by atoms with Crippen LogP contribution in [0.5, 0.6) is 0 Å². The van der Waals surface area contributed by atoms with Crippen LogP contribution in [-0.4, -0.2) is 55.0 Å². The van der Waals surface area contributed by atoms with E-state index >= 15 is 0 Å². The number of hydrogen-bond donors (Lipinski definition) is 3. The van der Waals surface area contributed by atoms with Gasteiger partial charge in [0.05, 0.1) is 17.4 Å². The molecular weight excluding hydrogens is 488 g/mol. The van der Waals surface area contributed by atoms with Crippen LogP contribution in [0.3, 0.4) is 0 Å². The lowest BCUT2D eigenvalue weighted by molar-refractivity contribution is 0.0598. The van der Waals surface area contributed by atoms with Gasteiger partial charge in [-0.1, -0.05) is 12.1 Å². The molecule has 1 fully saturated rings. The predicted molar refractivity (Wildman–Crippen MR) is 145 cm³/mol. The second kappa shape index (κ2) is 10.5. The average molecular weight is 519 g/mol. The molecule has 37 heavy (non-hydrogen) atoms. The molecule has 1 amide bonds. The highest BCUT2D eigenvalue weighted by atomic mass is 32.2. The summed E-state index contributed by atoms with van der Waals surface area (Å²) in [6.45, 7) is 5.48. The molecule has 0 spiro atoms. The average Bonchev–Trinajstić information content (AvgIpc) is 3.55. The third kappa shape index (κ3) is 6.46. The van der Waals surface area contributed by atoms with E-state index in [9.17, 15) is 9.90 Å². The van der Waals surface area contributed by atoms with E-state index in [0.717, 1.165) is 34.2 Å². The number of fused-ring (bicyclic) bond motifs is 1. The molecule has 1 saturated carbocycles. The third-order valence-corrected chi connectivity index (χ3v) is 6.70. The van der Waals surface area contributed by atoms with Crippen molar-refractivity contribution in [1.82, 2.24) is 25.5 Å². The molecular formula is C27H30N6O3S. The van der Waals surface area contributed by atoms with Crippen molar-refractivity contribution in [1.29, 1.82) is 0 Å². The molecule has 1 unspecified atom stereocenters.